The quantitative estimate of drug-likeness (QED) is 0.668. The Labute approximate surface area is 133 Å². The number of fused-ring (bicyclic) bond motifs is 1. The van der Waals surface area contributed by atoms with Crippen LogP contribution in [0.4, 0.5) is 5.69 Å². The van der Waals surface area contributed by atoms with Crippen LogP contribution in [-0.2, 0) is 0 Å². The third-order valence-corrected chi connectivity index (χ3v) is 4.73. The molecule has 1 fully saturated rings. The van der Waals surface area contributed by atoms with E-state index in [4.69, 9.17) is 0 Å². The second-order valence-corrected chi connectivity index (χ2v) is 6.16. The van der Waals surface area contributed by atoms with Crippen LogP contribution in [0.15, 0.2) is 18.2 Å². The summed E-state index contributed by atoms with van der Waals surface area (Å²) in [5.74, 6) is 0.494. The van der Waals surface area contributed by atoms with Crippen LogP contribution < -0.4 is 5.32 Å². The number of carbonyl (C=O) groups is 1. The Morgan fingerprint density at radius 2 is 2.13 bits per heavy atom. The van der Waals surface area contributed by atoms with Crippen molar-refractivity contribution in [3.05, 3.63) is 34.0 Å². The lowest BCUT2D eigenvalue weighted by Gasteiger charge is -2.28. The zero-order chi connectivity index (χ0) is 16.4. The first-order valence-corrected chi connectivity index (χ1v) is 8.02. The maximum atomic E-state index is 12.5. The Kier molecular flexibility index (Phi) is 4.27. The molecule has 3 rings (SSSR count). The van der Waals surface area contributed by atoms with E-state index < -0.39 is 4.92 Å². The van der Waals surface area contributed by atoms with Gasteiger partial charge in [-0.2, -0.15) is 5.10 Å². The van der Waals surface area contributed by atoms with Gasteiger partial charge in [-0.15, -0.1) is 0 Å². The maximum absolute atomic E-state index is 12.5. The van der Waals surface area contributed by atoms with Gasteiger partial charge in [0.15, 0.2) is 5.69 Å². The summed E-state index contributed by atoms with van der Waals surface area (Å²) in [5, 5.41) is 21.2. The number of nitrogens with zero attached hydrogens (tertiary/aromatic N) is 2. The molecule has 1 aliphatic rings. The molecule has 7 nitrogen and oxygen atoms in total. The van der Waals surface area contributed by atoms with Gasteiger partial charge < -0.3 is 5.32 Å². The van der Waals surface area contributed by atoms with E-state index in [1.807, 2.05) is 0 Å². The first-order valence-electron chi connectivity index (χ1n) is 8.02. The van der Waals surface area contributed by atoms with Crippen molar-refractivity contribution in [1.82, 2.24) is 15.5 Å². The second-order valence-electron chi connectivity index (χ2n) is 6.16. The van der Waals surface area contributed by atoms with E-state index in [1.165, 1.54) is 18.6 Å². The summed E-state index contributed by atoms with van der Waals surface area (Å²) >= 11 is 0. The van der Waals surface area contributed by atoms with Gasteiger partial charge in [0.25, 0.3) is 11.6 Å². The lowest BCUT2D eigenvalue weighted by molar-refractivity contribution is -0.384. The van der Waals surface area contributed by atoms with Crippen molar-refractivity contribution in [3.63, 3.8) is 0 Å². The molecule has 0 saturated heterocycles. The molecule has 7 heteroatoms. The molecule has 2 N–H and O–H groups in total. The summed E-state index contributed by atoms with van der Waals surface area (Å²) in [7, 11) is 0. The van der Waals surface area contributed by atoms with E-state index >= 15 is 0 Å². The first-order chi connectivity index (χ1) is 11.1. The molecule has 23 heavy (non-hydrogen) atoms. The summed E-state index contributed by atoms with van der Waals surface area (Å²) in [5.41, 5.74) is 0.799. The van der Waals surface area contributed by atoms with E-state index in [0.717, 1.165) is 31.6 Å². The third-order valence-electron chi connectivity index (χ3n) is 4.73. The molecule has 0 atom stereocenters. The molecule has 1 aromatic carbocycles. The Bertz CT molecular complexity index is 732. The molecule has 1 aromatic heterocycles. The fourth-order valence-electron chi connectivity index (χ4n) is 3.26. The number of hydrogen-bond donors (Lipinski definition) is 2. The van der Waals surface area contributed by atoms with E-state index in [2.05, 4.69) is 22.4 Å². The first kappa shape index (κ1) is 15.5. The third kappa shape index (κ3) is 3.18. The van der Waals surface area contributed by atoms with Gasteiger partial charge >= 0.3 is 0 Å². The van der Waals surface area contributed by atoms with Gasteiger partial charge in [-0.25, -0.2) is 0 Å². The van der Waals surface area contributed by atoms with Crippen molar-refractivity contribution in [1.29, 1.82) is 0 Å². The number of rotatable bonds is 4. The van der Waals surface area contributed by atoms with Crippen LogP contribution in [0.2, 0.25) is 0 Å². The minimum atomic E-state index is -0.472. The standard InChI is InChI=1S/C16H20N4O3/c1-2-10-3-5-11(6-4-10)17-16(21)15-13-9-12(20(22)23)7-8-14(13)18-19-15/h7-11H,2-6H2,1H3,(H,17,21)(H,18,19). The average molecular weight is 316 g/mol. The summed E-state index contributed by atoms with van der Waals surface area (Å²) in [6.45, 7) is 2.20. The van der Waals surface area contributed by atoms with Crippen molar-refractivity contribution < 1.29 is 9.72 Å². The maximum Gasteiger partial charge on any atom is 0.272 e. The zero-order valence-corrected chi connectivity index (χ0v) is 13.0. The van der Waals surface area contributed by atoms with Crippen LogP contribution in [0, 0.1) is 16.0 Å². The zero-order valence-electron chi connectivity index (χ0n) is 13.0. The van der Waals surface area contributed by atoms with Crippen molar-refractivity contribution in [2.45, 2.75) is 45.1 Å². The van der Waals surface area contributed by atoms with E-state index in [9.17, 15) is 14.9 Å². The second kappa shape index (κ2) is 6.36. The Hall–Kier alpha value is -2.44. The average Bonchev–Trinajstić information content (AvgIpc) is 2.98. The number of non-ortho nitro benzene ring substituents is 1. The van der Waals surface area contributed by atoms with Crippen molar-refractivity contribution >= 4 is 22.5 Å². The molecule has 1 heterocycles. The molecule has 1 saturated carbocycles. The Balaban J connectivity index is 1.76. The van der Waals surface area contributed by atoms with Crippen LogP contribution >= 0.6 is 0 Å². The minimum Gasteiger partial charge on any atom is -0.348 e. The van der Waals surface area contributed by atoms with Crippen molar-refractivity contribution in [2.24, 2.45) is 5.92 Å². The summed E-state index contributed by atoms with van der Waals surface area (Å²) in [6.07, 6.45) is 5.41. The molecule has 0 radical (unpaired) electrons. The number of amides is 1. The largest absolute Gasteiger partial charge is 0.348 e. The number of nitrogens with one attached hydrogen (secondary N) is 2. The van der Waals surface area contributed by atoms with Crippen LogP contribution in [0.25, 0.3) is 10.9 Å². The van der Waals surface area contributed by atoms with Crippen LogP contribution in [0.1, 0.15) is 49.5 Å². The van der Waals surface area contributed by atoms with Crippen LogP contribution in [-0.4, -0.2) is 27.1 Å². The van der Waals surface area contributed by atoms with E-state index in [1.54, 1.807) is 6.07 Å². The number of H-pyrrole nitrogens is 1. The van der Waals surface area contributed by atoms with Crippen molar-refractivity contribution in [3.8, 4) is 0 Å². The minimum absolute atomic E-state index is 0.0450. The lowest BCUT2D eigenvalue weighted by Crippen LogP contribution is -2.37. The van der Waals surface area contributed by atoms with E-state index in [0.29, 0.717) is 10.9 Å². The predicted molar refractivity (Wildman–Crippen MR) is 86.3 cm³/mol. The van der Waals surface area contributed by atoms with Gasteiger partial charge in [0.05, 0.1) is 10.4 Å². The predicted octanol–water partition coefficient (Wildman–Crippen LogP) is 3.17. The SMILES string of the molecule is CCC1CCC(NC(=O)c2n[nH]c3ccc([N+](=O)[O-])cc23)CC1. The topological polar surface area (TPSA) is 101 Å². The summed E-state index contributed by atoms with van der Waals surface area (Å²) < 4.78 is 0. The monoisotopic (exact) mass is 316 g/mol. The number of aromatic nitrogens is 2. The molecule has 0 unspecified atom stereocenters. The molecule has 0 spiro atoms. The number of hydrogen-bond acceptors (Lipinski definition) is 4. The molecule has 2 aromatic rings. The number of aromatic amines is 1. The Morgan fingerprint density at radius 3 is 2.78 bits per heavy atom. The molecule has 0 bridgehead atoms. The van der Waals surface area contributed by atoms with Gasteiger partial charge in [-0.3, -0.25) is 20.0 Å². The van der Waals surface area contributed by atoms with Gasteiger partial charge in [0, 0.05) is 23.6 Å². The number of nitro benzene ring substituents is 1. The highest BCUT2D eigenvalue weighted by Crippen LogP contribution is 2.27. The highest BCUT2D eigenvalue weighted by Gasteiger charge is 2.24. The smallest absolute Gasteiger partial charge is 0.272 e. The molecular weight excluding hydrogens is 296 g/mol. The highest BCUT2D eigenvalue weighted by atomic mass is 16.6. The molecule has 1 aliphatic carbocycles. The molecule has 0 aliphatic heterocycles. The molecular formula is C16H20N4O3. The van der Waals surface area contributed by atoms with Crippen LogP contribution in [0.5, 0.6) is 0 Å². The number of benzene rings is 1. The molecule has 122 valence electrons. The van der Waals surface area contributed by atoms with Crippen LogP contribution in [0.3, 0.4) is 0 Å². The number of carbonyl (C=O) groups excluding carboxylic acids is 1. The molecule has 1 amide bonds. The van der Waals surface area contributed by atoms with Crippen molar-refractivity contribution in [2.75, 3.05) is 0 Å². The van der Waals surface area contributed by atoms with Gasteiger partial charge in [0.1, 0.15) is 0 Å². The fraction of sp³-hybridized carbons (Fsp3) is 0.500. The van der Waals surface area contributed by atoms with Gasteiger partial charge in [-0.05, 0) is 37.7 Å². The Morgan fingerprint density at radius 1 is 1.39 bits per heavy atom. The van der Waals surface area contributed by atoms with Gasteiger partial charge in [-0.1, -0.05) is 13.3 Å². The summed E-state index contributed by atoms with van der Waals surface area (Å²) in [4.78, 5) is 22.9. The van der Waals surface area contributed by atoms with E-state index in [-0.39, 0.29) is 23.3 Å². The fourth-order valence-corrected chi connectivity index (χ4v) is 3.26. The normalized spacial score (nSPS) is 21.3. The number of nitro groups is 1. The van der Waals surface area contributed by atoms with Gasteiger partial charge in [0.2, 0.25) is 0 Å². The highest BCUT2D eigenvalue weighted by molar-refractivity contribution is 6.05. The summed E-state index contributed by atoms with van der Waals surface area (Å²) in [6, 6.07) is 4.52. The lowest BCUT2D eigenvalue weighted by atomic mass is 9.84.